The maximum atomic E-state index is 4.78. The third kappa shape index (κ3) is 4.03. The summed E-state index contributed by atoms with van der Waals surface area (Å²) in [4.78, 5) is 6.83. The van der Waals surface area contributed by atoms with Crippen molar-refractivity contribution in [3.63, 3.8) is 0 Å². The van der Waals surface area contributed by atoms with E-state index in [0.717, 1.165) is 57.2 Å². The van der Waals surface area contributed by atoms with Gasteiger partial charge in [-0.1, -0.05) is 30.3 Å². The normalized spacial score (nSPS) is 14.4. The van der Waals surface area contributed by atoms with Crippen molar-refractivity contribution in [3.05, 3.63) is 71.6 Å². The van der Waals surface area contributed by atoms with Crippen LogP contribution in [0, 0.1) is 0 Å². The SMILES string of the molecule is CN(Cc1cc2n(n1)CCCNC2)Cc1nccn1Cc1ccccc1. The number of aryl methyl sites for hydroxylation is 1. The fourth-order valence-corrected chi connectivity index (χ4v) is 3.49. The van der Waals surface area contributed by atoms with E-state index in [1.165, 1.54) is 11.3 Å². The summed E-state index contributed by atoms with van der Waals surface area (Å²) in [5, 5.41) is 8.23. The van der Waals surface area contributed by atoms with E-state index >= 15 is 0 Å². The molecule has 0 aliphatic carbocycles. The topological polar surface area (TPSA) is 50.9 Å². The largest absolute Gasteiger partial charge is 0.329 e. The number of imidazole rings is 1. The van der Waals surface area contributed by atoms with Gasteiger partial charge in [0.15, 0.2) is 0 Å². The number of aromatic nitrogens is 4. The first-order chi connectivity index (χ1) is 12.8. The Hall–Kier alpha value is -2.44. The van der Waals surface area contributed by atoms with Gasteiger partial charge >= 0.3 is 0 Å². The molecular formula is C20H26N6. The molecule has 2 aromatic heterocycles. The number of hydrogen-bond donors (Lipinski definition) is 1. The lowest BCUT2D eigenvalue weighted by Crippen LogP contribution is -2.21. The van der Waals surface area contributed by atoms with Gasteiger partial charge in [-0.2, -0.15) is 5.10 Å². The minimum absolute atomic E-state index is 0.806. The van der Waals surface area contributed by atoms with Crippen LogP contribution >= 0.6 is 0 Å². The number of nitrogens with zero attached hydrogens (tertiary/aromatic N) is 5. The van der Waals surface area contributed by atoms with Crippen LogP contribution < -0.4 is 5.32 Å². The molecule has 0 atom stereocenters. The summed E-state index contributed by atoms with van der Waals surface area (Å²) >= 11 is 0. The second-order valence-electron chi connectivity index (χ2n) is 7.01. The van der Waals surface area contributed by atoms with E-state index in [2.05, 4.69) is 68.0 Å². The van der Waals surface area contributed by atoms with Gasteiger partial charge in [0.2, 0.25) is 0 Å². The van der Waals surface area contributed by atoms with Gasteiger partial charge in [0.1, 0.15) is 5.82 Å². The van der Waals surface area contributed by atoms with Gasteiger partial charge in [-0.05, 0) is 31.6 Å². The van der Waals surface area contributed by atoms with Crippen molar-refractivity contribution < 1.29 is 0 Å². The van der Waals surface area contributed by atoms with Crippen LogP contribution in [0.4, 0.5) is 0 Å². The average Bonchev–Trinajstić information content (AvgIpc) is 3.16. The van der Waals surface area contributed by atoms with Gasteiger partial charge in [0.25, 0.3) is 0 Å². The second kappa shape index (κ2) is 7.85. The number of nitrogens with one attached hydrogen (secondary N) is 1. The molecule has 6 nitrogen and oxygen atoms in total. The van der Waals surface area contributed by atoms with E-state index in [-0.39, 0.29) is 0 Å². The summed E-state index contributed by atoms with van der Waals surface area (Å²) in [6.45, 7) is 5.49. The molecule has 0 radical (unpaired) electrons. The molecule has 1 aromatic carbocycles. The molecule has 1 aliphatic heterocycles. The fraction of sp³-hybridized carbons (Fsp3) is 0.400. The smallest absolute Gasteiger partial charge is 0.123 e. The van der Waals surface area contributed by atoms with Crippen LogP contribution in [0.2, 0.25) is 0 Å². The average molecular weight is 350 g/mol. The molecule has 1 aliphatic rings. The van der Waals surface area contributed by atoms with Crippen molar-refractivity contribution >= 4 is 0 Å². The van der Waals surface area contributed by atoms with Crippen molar-refractivity contribution in [2.75, 3.05) is 13.6 Å². The molecule has 0 amide bonds. The Balaban J connectivity index is 1.40. The molecular weight excluding hydrogens is 324 g/mol. The minimum Gasteiger partial charge on any atom is -0.329 e. The summed E-state index contributed by atoms with van der Waals surface area (Å²) < 4.78 is 4.37. The van der Waals surface area contributed by atoms with E-state index in [1.807, 2.05) is 12.3 Å². The summed E-state index contributed by atoms with van der Waals surface area (Å²) in [5.41, 5.74) is 3.71. The third-order valence-electron chi connectivity index (χ3n) is 4.78. The van der Waals surface area contributed by atoms with Crippen molar-refractivity contribution in [1.29, 1.82) is 0 Å². The Morgan fingerprint density at radius 2 is 2.08 bits per heavy atom. The zero-order valence-electron chi connectivity index (χ0n) is 15.3. The molecule has 3 aromatic rings. The third-order valence-corrected chi connectivity index (χ3v) is 4.78. The van der Waals surface area contributed by atoms with Crippen molar-refractivity contribution in [2.45, 2.75) is 39.1 Å². The first-order valence-electron chi connectivity index (χ1n) is 9.27. The summed E-state index contributed by atoms with van der Waals surface area (Å²) in [6, 6.07) is 12.7. The van der Waals surface area contributed by atoms with Crippen LogP contribution in [0.1, 0.15) is 29.2 Å². The summed E-state index contributed by atoms with van der Waals surface area (Å²) in [6.07, 6.45) is 5.08. The first kappa shape index (κ1) is 17.0. The molecule has 6 heteroatoms. The van der Waals surface area contributed by atoms with Crippen LogP contribution in [-0.4, -0.2) is 37.8 Å². The second-order valence-corrected chi connectivity index (χ2v) is 7.01. The number of hydrogen-bond acceptors (Lipinski definition) is 4. The van der Waals surface area contributed by atoms with Crippen molar-refractivity contribution in [1.82, 2.24) is 29.5 Å². The summed E-state index contributed by atoms with van der Waals surface area (Å²) in [5.74, 6) is 1.08. The highest BCUT2D eigenvalue weighted by atomic mass is 15.3. The first-order valence-corrected chi connectivity index (χ1v) is 9.27. The predicted molar refractivity (Wildman–Crippen MR) is 101 cm³/mol. The Morgan fingerprint density at radius 1 is 1.19 bits per heavy atom. The highest BCUT2D eigenvalue weighted by Crippen LogP contribution is 2.12. The van der Waals surface area contributed by atoms with Gasteiger partial charge in [-0.3, -0.25) is 9.58 Å². The van der Waals surface area contributed by atoms with Crippen LogP contribution in [0.25, 0.3) is 0 Å². The molecule has 136 valence electrons. The highest BCUT2D eigenvalue weighted by Gasteiger charge is 2.13. The van der Waals surface area contributed by atoms with Crippen LogP contribution in [0.5, 0.6) is 0 Å². The molecule has 0 spiro atoms. The molecule has 0 unspecified atom stereocenters. The molecule has 1 N–H and O–H groups in total. The Kier molecular flexibility index (Phi) is 5.13. The number of fused-ring (bicyclic) bond motifs is 1. The highest BCUT2D eigenvalue weighted by molar-refractivity contribution is 5.16. The van der Waals surface area contributed by atoms with Crippen molar-refractivity contribution in [3.8, 4) is 0 Å². The minimum atomic E-state index is 0.806. The lowest BCUT2D eigenvalue weighted by Gasteiger charge is -2.16. The zero-order valence-corrected chi connectivity index (χ0v) is 15.3. The Labute approximate surface area is 154 Å². The van der Waals surface area contributed by atoms with E-state index < -0.39 is 0 Å². The van der Waals surface area contributed by atoms with Gasteiger partial charge in [0, 0.05) is 38.6 Å². The van der Waals surface area contributed by atoms with E-state index in [9.17, 15) is 0 Å². The van der Waals surface area contributed by atoms with Crippen molar-refractivity contribution in [2.24, 2.45) is 0 Å². The number of rotatable bonds is 6. The standard InChI is InChI=1S/C20H26N6/c1-24(15-18-12-19-13-21-8-5-10-26(19)23-18)16-20-22-9-11-25(20)14-17-6-3-2-4-7-17/h2-4,6-7,9,11-12,21H,5,8,10,13-16H2,1H3. The van der Waals surface area contributed by atoms with Crippen LogP contribution in [-0.2, 0) is 32.7 Å². The molecule has 0 fully saturated rings. The summed E-state index contributed by atoms with van der Waals surface area (Å²) in [7, 11) is 2.13. The van der Waals surface area contributed by atoms with E-state index in [0.29, 0.717) is 0 Å². The molecule has 0 saturated carbocycles. The Bertz CT molecular complexity index is 812. The quantitative estimate of drug-likeness (QED) is 0.741. The fourth-order valence-electron chi connectivity index (χ4n) is 3.49. The van der Waals surface area contributed by atoms with E-state index in [4.69, 9.17) is 5.10 Å². The zero-order chi connectivity index (χ0) is 17.8. The molecule has 0 bridgehead atoms. The number of benzene rings is 1. The van der Waals surface area contributed by atoms with Gasteiger partial charge in [-0.15, -0.1) is 0 Å². The van der Waals surface area contributed by atoms with Crippen LogP contribution in [0.15, 0.2) is 48.8 Å². The molecule has 0 saturated heterocycles. The lowest BCUT2D eigenvalue weighted by atomic mass is 10.2. The van der Waals surface area contributed by atoms with E-state index in [1.54, 1.807) is 0 Å². The molecule has 26 heavy (non-hydrogen) atoms. The monoisotopic (exact) mass is 350 g/mol. The maximum Gasteiger partial charge on any atom is 0.123 e. The van der Waals surface area contributed by atoms with Gasteiger partial charge in [-0.25, -0.2) is 4.98 Å². The van der Waals surface area contributed by atoms with Gasteiger partial charge < -0.3 is 9.88 Å². The maximum absolute atomic E-state index is 4.78. The lowest BCUT2D eigenvalue weighted by molar-refractivity contribution is 0.301. The molecule has 3 heterocycles. The predicted octanol–water partition coefficient (Wildman–Crippen LogP) is 2.25. The van der Waals surface area contributed by atoms with Crippen LogP contribution in [0.3, 0.4) is 0 Å². The molecule has 4 rings (SSSR count). The van der Waals surface area contributed by atoms with Gasteiger partial charge in [0.05, 0.1) is 17.9 Å². The Morgan fingerprint density at radius 3 is 2.96 bits per heavy atom.